The number of aryl methyl sites for hydroxylation is 4. The largest absolute Gasteiger partial charge is 0.497 e. The normalized spacial score (nSPS) is 10.5. The Bertz CT molecular complexity index is 3850. The van der Waals surface area contributed by atoms with E-state index in [1.54, 1.807) is 14.2 Å². The minimum atomic E-state index is 0.448. The number of benzene rings is 9. The van der Waals surface area contributed by atoms with Crippen LogP contribution in [0.15, 0.2) is 260 Å². The lowest BCUT2D eigenvalue weighted by molar-refractivity contribution is 0.397. The van der Waals surface area contributed by atoms with E-state index < -0.39 is 0 Å². The van der Waals surface area contributed by atoms with Gasteiger partial charge in [0.25, 0.3) is 0 Å². The number of nitrogens with zero attached hydrogens (tertiary/aromatic N) is 2. The molecular formula is C97H123BrCl2N2O2. The molecule has 4 nitrogen and oxygen atoms in total. The molecule has 9 aromatic carbocycles. The van der Waals surface area contributed by atoms with Gasteiger partial charge in [0.05, 0.1) is 14.2 Å². The molecule has 0 aliphatic rings. The molecule has 0 aliphatic carbocycles. The molecule has 0 fully saturated rings. The van der Waals surface area contributed by atoms with Gasteiger partial charge in [-0.15, -0.1) is 0 Å². The Morgan fingerprint density at radius 1 is 0.308 bits per heavy atom. The number of halogens is 3. The van der Waals surface area contributed by atoms with Crippen LogP contribution in [0.2, 0.25) is 10.0 Å². The van der Waals surface area contributed by atoms with Gasteiger partial charge in [-0.2, -0.15) is 0 Å². The number of methoxy groups -OCH3 is 2. The average Bonchev–Trinajstić information content (AvgIpc) is 0.822. The molecule has 0 aliphatic heterocycles. The molecule has 0 N–H and O–H groups in total. The maximum absolute atomic E-state index is 5.94. The number of rotatable bonds is 13. The van der Waals surface area contributed by atoms with Crippen LogP contribution in [-0.2, 0) is 0 Å². The number of hydrogen-bond acceptors (Lipinski definition) is 4. The summed E-state index contributed by atoms with van der Waals surface area (Å²) in [7, 11) is 3.34. The third-order valence-electron chi connectivity index (χ3n) is 17.1. The molecule has 0 atom stereocenters. The summed E-state index contributed by atoms with van der Waals surface area (Å²) in [5.41, 5.74) is 22.3. The molecule has 0 amide bonds. The Kier molecular flexibility index (Phi) is 42.4. The molecule has 11 rings (SSSR count). The lowest BCUT2D eigenvalue weighted by atomic mass is 9.92. The van der Waals surface area contributed by atoms with Crippen LogP contribution in [0.3, 0.4) is 0 Å². The summed E-state index contributed by atoms with van der Waals surface area (Å²) >= 11 is 15.2. The van der Waals surface area contributed by atoms with Gasteiger partial charge in [-0.05, 0) is 220 Å². The summed E-state index contributed by atoms with van der Waals surface area (Å²) in [6.45, 7) is 48.0. The van der Waals surface area contributed by atoms with Crippen molar-refractivity contribution in [1.29, 1.82) is 0 Å². The lowest BCUT2D eigenvalue weighted by Crippen LogP contribution is -1.96. The van der Waals surface area contributed by atoms with E-state index >= 15 is 0 Å². The Morgan fingerprint density at radius 3 is 1.12 bits per heavy atom. The van der Waals surface area contributed by atoms with E-state index in [1.165, 1.54) is 99.2 Å². The van der Waals surface area contributed by atoms with Gasteiger partial charge in [-0.25, -0.2) is 4.98 Å². The standard InChI is InChI=1S/C16H17ClO.C15H17NO.3C10H14.C9H11Br.C9H11Cl.C9H13N.C9H12/c1-11(2)15-9-8-14(18-3)10-16(15)12-4-6-13(17)7-5-12;1-11(2)14-10-16-15(17-3)9-13(14)12-7-5-4-6-8-12;2*1-8(2)10-6-4-5-9(3)7-10;1-8(2)10-7-5-4-6-9(10)3;2*1-7(2)8-4-3-5-9(10)6-8;1-7(2)9-6-8(3)4-5-10-9;1-8(2)9-6-4-3-5-7-9/h4-11H,1-3H3;4-11H,1-3H3;3*4-8H,1-3H3;2*3-7H,1-2H3;4-7H,1-3H3;3-8H,1-2H3. The Balaban J connectivity index is 0.000000308. The Hall–Kier alpha value is -8.06. The maximum Gasteiger partial charge on any atom is 0.213 e. The van der Waals surface area contributed by atoms with Crippen LogP contribution < -0.4 is 9.47 Å². The molecule has 104 heavy (non-hydrogen) atoms. The molecule has 2 heterocycles. The second kappa shape index (κ2) is 48.9. The van der Waals surface area contributed by atoms with Gasteiger partial charge in [0.15, 0.2) is 0 Å². The van der Waals surface area contributed by atoms with Crippen LogP contribution in [0.25, 0.3) is 22.3 Å². The van der Waals surface area contributed by atoms with Crippen molar-refractivity contribution in [3.8, 4) is 33.9 Å². The molecular weight excluding hydrogens is 1380 g/mol. The van der Waals surface area contributed by atoms with Crippen molar-refractivity contribution in [2.45, 2.75) is 206 Å². The van der Waals surface area contributed by atoms with Gasteiger partial charge in [0.2, 0.25) is 5.88 Å². The van der Waals surface area contributed by atoms with Crippen molar-refractivity contribution < 1.29 is 9.47 Å². The predicted molar refractivity (Wildman–Crippen MR) is 461 cm³/mol. The van der Waals surface area contributed by atoms with Gasteiger partial charge < -0.3 is 9.47 Å². The summed E-state index contributed by atoms with van der Waals surface area (Å²) in [5, 5.41) is 1.58. The first-order valence-electron chi connectivity index (χ1n) is 37.1. The topological polar surface area (TPSA) is 44.2 Å². The fourth-order valence-electron chi connectivity index (χ4n) is 10.7. The Labute approximate surface area is 649 Å². The van der Waals surface area contributed by atoms with E-state index in [1.807, 2.05) is 103 Å². The SMILES string of the molecule is CC(C)c1cccc(Br)c1.CC(C)c1cccc(Cl)c1.CC(C)c1ccccc1.COc1cc(-c2ccccc2)c(C(C)C)cn1.COc1ccc(C(C)C)c(-c2ccc(Cl)cc2)c1.Cc1cccc(C(C)C)c1.Cc1cccc(C(C)C)c1.Cc1ccccc1C(C)C.Cc1ccnc(C(C)C)c1. The van der Waals surface area contributed by atoms with Gasteiger partial charge in [-0.1, -0.05) is 351 Å². The van der Waals surface area contributed by atoms with E-state index in [0.717, 1.165) is 15.8 Å². The van der Waals surface area contributed by atoms with Crippen molar-refractivity contribution in [2.24, 2.45) is 0 Å². The highest BCUT2D eigenvalue weighted by molar-refractivity contribution is 9.10. The average molecular weight is 1500 g/mol. The van der Waals surface area contributed by atoms with Crippen LogP contribution in [0, 0.1) is 27.7 Å². The van der Waals surface area contributed by atoms with Gasteiger partial charge in [0, 0.05) is 38.7 Å². The monoisotopic (exact) mass is 1500 g/mol. The molecule has 0 spiro atoms. The molecule has 11 aromatic rings. The summed E-state index contributed by atoms with van der Waals surface area (Å²) in [4.78, 5) is 8.52. The Morgan fingerprint density at radius 2 is 0.740 bits per heavy atom. The second-order valence-electron chi connectivity index (χ2n) is 29.0. The summed E-state index contributed by atoms with van der Waals surface area (Å²) < 4.78 is 11.7. The molecule has 0 saturated carbocycles. The quantitative estimate of drug-likeness (QED) is 0.115. The molecule has 0 saturated heterocycles. The fourth-order valence-corrected chi connectivity index (χ4v) is 11.4. The maximum atomic E-state index is 5.94. The van der Waals surface area contributed by atoms with Crippen LogP contribution in [0.1, 0.15) is 250 Å². The summed E-state index contributed by atoms with van der Waals surface area (Å²) in [6.07, 6.45) is 3.77. The van der Waals surface area contributed by atoms with Crippen LogP contribution >= 0.6 is 39.1 Å². The molecule has 7 heteroatoms. The number of pyridine rings is 2. The first kappa shape index (κ1) is 90.2. The van der Waals surface area contributed by atoms with Crippen molar-refractivity contribution in [1.82, 2.24) is 9.97 Å². The van der Waals surface area contributed by atoms with Crippen LogP contribution in [0.4, 0.5) is 0 Å². The van der Waals surface area contributed by atoms with E-state index in [2.05, 4.69) is 330 Å². The van der Waals surface area contributed by atoms with Crippen LogP contribution in [-0.4, -0.2) is 24.2 Å². The molecule has 0 radical (unpaired) electrons. The van der Waals surface area contributed by atoms with Crippen molar-refractivity contribution in [3.05, 3.63) is 342 Å². The summed E-state index contributed by atoms with van der Waals surface area (Å²) in [6, 6.07) is 83.4. The number of hydrogen-bond donors (Lipinski definition) is 0. The fraction of sp³-hybridized carbons (Fsp3) is 0.340. The number of aromatic nitrogens is 2. The van der Waals surface area contributed by atoms with Crippen LogP contribution in [0.5, 0.6) is 11.6 Å². The first-order chi connectivity index (χ1) is 49.3. The zero-order valence-electron chi connectivity index (χ0n) is 67.3. The minimum Gasteiger partial charge on any atom is -0.497 e. The van der Waals surface area contributed by atoms with E-state index in [-0.39, 0.29) is 0 Å². The predicted octanol–water partition coefficient (Wildman–Crippen LogP) is 30.7. The van der Waals surface area contributed by atoms with Gasteiger partial charge in [0.1, 0.15) is 5.75 Å². The molecule has 0 unspecified atom stereocenters. The minimum absolute atomic E-state index is 0.448. The zero-order chi connectivity index (χ0) is 77.4. The first-order valence-corrected chi connectivity index (χ1v) is 38.6. The highest BCUT2D eigenvalue weighted by Crippen LogP contribution is 2.34. The second-order valence-corrected chi connectivity index (χ2v) is 30.8. The third kappa shape index (κ3) is 34.7. The van der Waals surface area contributed by atoms with E-state index in [9.17, 15) is 0 Å². The zero-order valence-corrected chi connectivity index (χ0v) is 70.4. The van der Waals surface area contributed by atoms with Gasteiger partial charge >= 0.3 is 0 Å². The summed E-state index contributed by atoms with van der Waals surface area (Å²) in [5.74, 6) is 6.81. The molecule has 554 valence electrons. The van der Waals surface area contributed by atoms with Crippen molar-refractivity contribution in [2.75, 3.05) is 14.2 Å². The van der Waals surface area contributed by atoms with Gasteiger partial charge in [-0.3, -0.25) is 4.98 Å². The van der Waals surface area contributed by atoms with Crippen molar-refractivity contribution in [3.63, 3.8) is 0 Å². The molecule has 0 bridgehead atoms. The third-order valence-corrected chi connectivity index (χ3v) is 18.1. The highest BCUT2D eigenvalue weighted by atomic mass is 79.9. The van der Waals surface area contributed by atoms with E-state index in [0.29, 0.717) is 59.1 Å². The highest BCUT2D eigenvalue weighted by Gasteiger charge is 2.13. The molecule has 2 aromatic heterocycles. The van der Waals surface area contributed by atoms with Crippen molar-refractivity contribution >= 4 is 39.1 Å². The number of ether oxygens (including phenoxy) is 2. The van der Waals surface area contributed by atoms with E-state index in [4.69, 9.17) is 32.7 Å². The lowest BCUT2D eigenvalue weighted by Gasteiger charge is -2.14. The smallest absolute Gasteiger partial charge is 0.213 e.